The van der Waals surface area contributed by atoms with E-state index in [-0.39, 0.29) is 35.8 Å². The van der Waals surface area contributed by atoms with Gasteiger partial charge in [0.05, 0.1) is 17.9 Å². The third-order valence-corrected chi connectivity index (χ3v) is 5.55. The third-order valence-electron chi connectivity index (χ3n) is 5.55. The smallest absolute Gasteiger partial charge is 0.267 e. The number of primary amides is 1. The molecule has 2 aliphatic rings. The van der Waals surface area contributed by atoms with E-state index >= 15 is 0 Å². The van der Waals surface area contributed by atoms with Gasteiger partial charge >= 0.3 is 0 Å². The molecule has 1 aromatic rings. The number of hydrogen-bond donors (Lipinski definition) is 2. The minimum Gasteiger partial charge on any atom is -0.373 e. The minimum absolute atomic E-state index is 0.102. The Morgan fingerprint density at radius 2 is 1.83 bits per heavy atom. The molecule has 3 rings (SSSR count). The number of anilines is 1. The monoisotopic (exact) mass is 419 g/mol. The average molecular weight is 420 g/mol. The number of benzene rings is 1. The lowest BCUT2D eigenvalue weighted by Crippen LogP contribution is -2.59. The van der Waals surface area contributed by atoms with Gasteiger partial charge in [-0.2, -0.15) is 5.10 Å². The van der Waals surface area contributed by atoms with Crippen molar-refractivity contribution >= 4 is 23.2 Å². The zero-order valence-corrected chi connectivity index (χ0v) is 17.9. The Labute approximate surface area is 176 Å². The molecule has 0 saturated carbocycles. The first-order valence-corrected chi connectivity index (χ1v) is 10.2. The number of nitrogens with one attached hydrogen (secondary N) is 1. The molecule has 0 bridgehead atoms. The summed E-state index contributed by atoms with van der Waals surface area (Å²) in [5.41, 5.74) is 5.95. The van der Waals surface area contributed by atoms with Gasteiger partial charge in [-0.25, -0.2) is 4.39 Å². The van der Waals surface area contributed by atoms with Crippen LogP contribution in [0.15, 0.2) is 29.4 Å². The van der Waals surface area contributed by atoms with Crippen molar-refractivity contribution in [3.8, 4) is 0 Å². The highest BCUT2D eigenvalue weighted by Gasteiger charge is 2.37. The predicted octanol–water partition coefficient (Wildman–Crippen LogP) is 1.25. The van der Waals surface area contributed by atoms with Gasteiger partial charge in [-0.15, -0.1) is 0 Å². The van der Waals surface area contributed by atoms with Crippen LogP contribution in [0.1, 0.15) is 34.1 Å². The van der Waals surface area contributed by atoms with Gasteiger partial charge < -0.3 is 15.8 Å². The average Bonchev–Trinajstić information content (AvgIpc) is 3.12. The Balaban J connectivity index is 1.67. The highest BCUT2D eigenvalue weighted by atomic mass is 19.1. The van der Waals surface area contributed by atoms with Crippen LogP contribution in [0.25, 0.3) is 0 Å². The second kappa shape index (κ2) is 8.69. The number of hydrogen-bond acceptors (Lipinski definition) is 6. The van der Waals surface area contributed by atoms with Gasteiger partial charge in [-0.05, 0) is 52.0 Å². The molecule has 164 valence electrons. The number of carbonyl (C=O) groups is 2. The molecule has 3 atom stereocenters. The van der Waals surface area contributed by atoms with Crippen LogP contribution in [0.5, 0.6) is 0 Å². The van der Waals surface area contributed by atoms with E-state index < -0.39 is 17.8 Å². The van der Waals surface area contributed by atoms with Gasteiger partial charge in [-0.1, -0.05) is 0 Å². The van der Waals surface area contributed by atoms with Crippen LogP contribution < -0.4 is 16.1 Å². The van der Waals surface area contributed by atoms with Crippen molar-refractivity contribution in [2.75, 3.05) is 24.6 Å². The lowest BCUT2D eigenvalue weighted by molar-refractivity contribution is -0.119. The number of hydrazone groups is 1. The van der Waals surface area contributed by atoms with Crippen LogP contribution in [0, 0.1) is 5.82 Å². The standard InChI is InChI=1S/C21H30FN5O3/c1-13-10-26(11-14(2)30-13)21(3,4)12-24-20(29)17-9-18(19(23)28)27(25-17)16-7-5-15(22)6-8-16/h5-8,13-14,18H,9-12H2,1-4H3,(H2,23,28)(H,24,29)/t13-,14-,18+/m1/s1. The van der Waals surface area contributed by atoms with E-state index in [1.807, 2.05) is 13.8 Å². The number of nitrogens with zero attached hydrogens (tertiary/aromatic N) is 3. The van der Waals surface area contributed by atoms with Crippen LogP contribution in [0.4, 0.5) is 10.1 Å². The van der Waals surface area contributed by atoms with Crippen LogP contribution in [-0.2, 0) is 14.3 Å². The first-order valence-electron chi connectivity index (χ1n) is 10.2. The summed E-state index contributed by atoms with van der Waals surface area (Å²) in [4.78, 5) is 27.0. The number of halogens is 1. The molecule has 9 heteroatoms. The van der Waals surface area contributed by atoms with Crippen molar-refractivity contribution in [3.63, 3.8) is 0 Å². The maximum absolute atomic E-state index is 13.2. The Hall–Kier alpha value is -2.52. The number of amides is 2. The van der Waals surface area contributed by atoms with Crippen LogP contribution in [-0.4, -0.2) is 65.8 Å². The molecule has 2 amide bonds. The van der Waals surface area contributed by atoms with E-state index in [1.165, 1.54) is 29.3 Å². The fourth-order valence-corrected chi connectivity index (χ4v) is 3.88. The largest absolute Gasteiger partial charge is 0.373 e. The fourth-order valence-electron chi connectivity index (χ4n) is 3.88. The highest BCUT2D eigenvalue weighted by molar-refractivity contribution is 6.40. The maximum atomic E-state index is 13.2. The summed E-state index contributed by atoms with van der Waals surface area (Å²) in [7, 11) is 0. The molecule has 3 N–H and O–H groups in total. The quantitative estimate of drug-likeness (QED) is 0.723. The van der Waals surface area contributed by atoms with Crippen molar-refractivity contribution in [3.05, 3.63) is 30.1 Å². The summed E-state index contributed by atoms with van der Waals surface area (Å²) in [6.07, 6.45) is 0.358. The molecule has 0 radical (unpaired) electrons. The summed E-state index contributed by atoms with van der Waals surface area (Å²) < 4.78 is 19.0. The summed E-state index contributed by atoms with van der Waals surface area (Å²) >= 11 is 0. The van der Waals surface area contributed by atoms with Crippen molar-refractivity contribution < 1.29 is 18.7 Å². The molecule has 2 aliphatic heterocycles. The molecule has 1 aromatic carbocycles. The molecular weight excluding hydrogens is 389 g/mol. The normalized spacial score (nSPS) is 25.2. The van der Waals surface area contributed by atoms with E-state index in [9.17, 15) is 14.0 Å². The van der Waals surface area contributed by atoms with Gasteiger partial charge in [0, 0.05) is 31.6 Å². The summed E-state index contributed by atoms with van der Waals surface area (Å²) in [5.74, 6) is -1.33. The number of carbonyl (C=O) groups excluding carboxylic acids is 2. The van der Waals surface area contributed by atoms with Gasteiger partial charge in [0.25, 0.3) is 5.91 Å². The Morgan fingerprint density at radius 1 is 1.23 bits per heavy atom. The van der Waals surface area contributed by atoms with Crippen molar-refractivity contribution in [1.82, 2.24) is 10.2 Å². The number of rotatable bonds is 6. The molecule has 30 heavy (non-hydrogen) atoms. The van der Waals surface area contributed by atoms with E-state index in [2.05, 4.69) is 29.2 Å². The van der Waals surface area contributed by atoms with E-state index in [0.29, 0.717) is 12.2 Å². The van der Waals surface area contributed by atoms with Crippen molar-refractivity contribution in [2.45, 2.75) is 57.9 Å². The predicted molar refractivity (Wildman–Crippen MR) is 113 cm³/mol. The first-order chi connectivity index (χ1) is 14.1. The Morgan fingerprint density at radius 3 is 2.40 bits per heavy atom. The Bertz CT molecular complexity index is 816. The zero-order chi connectivity index (χ0) is 22.1. The summed E-state index contributed by atoms with van der Waals surface area (Å²) in [6, 6.07) is 4.76. The van der Waals surface area contributed by atoms with Crippen LogP contribution >= 0.6 is 0 Å². The molecular formula is C21H30FN5O3. The second-order valence-electron chi connectivity index (χ2n) is 8.65. The number of morpholine rings is 1. The molecule has 0 aromatic heterocycles. The summed E-state index contributed by atoms with van der Waals surface area (Å²) in [6.45, 7) is 10.2. The van der Waals surface area contributed by atoms with Crippen LogP contribution in [0.2, 0.25) is 0 Å². The van der Waals surface area contributed by atoms with Gasteiger partial charge in [0.2, 0.25) is 5.91 Å². The number of nitrogens with two attached hydrogens (primary N) is 1. The SMILES string of the molecule is C[C@@H]1CN(C(C)(C)CNC(=O)C2=NN(c3ccc(F)cc3)[C@H](C(N)=O)C2)C[C@@H](C)O1. The van der Waals surface area contributed by atoms with Gasteiger partial charge in [0.15, 0.2) is 0 Å². The summed E-state index contributed by atoms with van der Waals surface area (Å²) in [5, 5.41) is 8.63. The molecule has 1 saturated heterocycles. The van der Waals surface area contributed by atoms with Crippen molar-refractivity contribution in [2.24, 2.45) is 10.8 Å². The minimum atomic E-state index is -0.787. The topological polar surface area (TPSA) is 100 Å². The zero-order valence-electron chi connectivity index (χ0n) is 17.9. The third kappa shape index (κ3) is 4.96. The fraction of sp³-hybridized carbons (Fsp3) is 0.571. The van der Waals surface area contributed by atoms with Gasteiger partial charge in [-0.3, -0.25) is 19.5 Å². The lowest BCUT2D eigenvalue weighted by Gasteiger charge is -2.45. The van der Waals surface area contributed by atoms with Crippen LogP contribution in [0.3, 0.4) is 0 Å². The van der Waals surface area contributed by atoms with E-state index in [0.717, 1.165) is 13.1 Å². The molecule has 0 spiro atoms. The van der Waals surface area contributed by atoms with E-state index in [1.54, 1.807) is 0 Å². The highest BCUT2D eigenvalue weighted by Crippen LogP contribution is 2.25. The molecule has 1 fully saturated rings. The second-order valence-corrected chi connectivity index (χ2v) is 8.65. The molecule has 2 heterocycles. The number of ether oxygens (including phenoxy) is 1. The van der Waals surface area contributed by atoms with Gasteiger partial charge in [0.1, 0.15) is 17.6 Å². The maximum Gasteiger partial charge on any atom is 0.267 e. The van der Waals surface area contributed by atoms with E-state index in [4.69, 9.17) is 10.5 Å². The van der Waals surface area contributed by atoms with Crippen molar-refractivity contribution in [1.29, 1.82) is 0 Å². The molecule has 0 aliphatic carbocycles. The molecule has 0 unspecified atom stereocenters. The first kappa shape index (κ1) is 22.2. The lowest BCUT2D eigenvalue weighted by atomic mass is 9.99. The Kier molecular flexibility index (Phi) is 6.42. The molecule has 8 nitrogen and oxygen atoms in total.